The molecule has 0 aliphatic heterocycles. The van der Waals surface area contributed by atoms with Gasteiger partial charge in [0.2, 0.25) is 0 Å². The van der Waals surface area contributed by atoms with E-state index in [1.807, 2.05) is 41.5 Å². The highest BCUT2D eigenvalue weighted by Crippen LogP contribution is 2.59. The third-order valence-corrected chi connectivity index (χ3v) is 6.11. The van der Waals surface area contributed by atoms with Gasteiger partial charge in [0.15, 0.2) is 23.3 Å². The van der Waals surface area contributed by atoms with E-state index in [2.05, 4.69) is 0 Å². The predicted molar refractivity (Wildman–Crippen MR) is 71.2 cm³/mol. The monoisotopic (exact) mass is 293 g/mol. The van der Waals surface area contributed by atoms with Gasteiger partial charge in [-0.25, -0.2) is 17.6 Å². The lowest BCUT2D eigenvalue weighted by Crippen LogP contribution is -2.35. The lowest BCUT2D eigenvalue weighted by molar-refractivity contribution is 0.460. The predicted octanol–water partition coefficient (Wildman–Crippen LogP) is 4.75. The fraction of sp³-hybridized carbons (Fsp3) is 0.571. The Morgan fingerprint density at radius 3 is 1.32 bits per heavy atom. The second kappa shape index (κ2) is 5.05. The van der Waals surface area contributed by atoms with Crippen molar-refractivity contribution in [3.8, 4) is 0 Å². The van der Waals surface area contributed by atoms with Crippen LogP contribution in [0.3, 0.4) is 0 Å². The molecule has 19 heavy (non-hydrogen) atoms. The lowest BCUT2D eigenvalue weighted by atomic mass is 10.2. The molecule has 1 aromatic rings. The molecule has 0 N–H and O–H groups in total. The van der Waals surface area contributed by atoms with Gasteiger partial charge >= 0.3 is 0 Å². The molecule has 0 aliphatic rings. The van der Waals surface area contributed by atoms with Crippen molar-refractivity contribution in [3.63, 3.8) is 0 Å². The molecule has 0 nitrogen and oxygen atoms in total. The largest absolute Gasteiger partial charge is 0.203 e. The van der Waals surface area contributed by atoms with Crippen LogP contribution < -0.4 is 5.30 Å². The third-order valence-electron chi connectivity index (χ3n) is 2.59. The van der Waals surface area contributed by atoms with Crippen molar-refractivity contribution in [2.24, 2.45) is 0 Å². The summed E-state index contributed by atoms with van der Waals surface area (Å²) in [6.45, 7) is 10.9. The summed E-state index contributed by atoms with van der Waals surface area (Å²) in [7, 11) is -1.46. The Kier molecular flexibility index (Phi) is 4.36. The van der Waals surface area contributed by atoms with E-state index in [1.165, 1.54) is 6.07 Å². The van der Waals surface area contributed by atoms with Crippen LogP contribution in [0.5, 0.6) is 0 Å². The maximum Gasteiger partial charge on any atom is 0.170 e. The summed E-state index contributed by atoms with van der Waals surface area (Å²) in [4.78, 5) is 0. The van der Waals surface area contributed by atoms with E-state index in [4.69, 9.17) is 0 Å². The molecule has 0 bridgehead atoms. The van der Waals surface area contributed by atoms with E-state index >= 15 is 0 Å². The van der Waals surface area contributed by atoms with E-state index in [0.29, 0.717) is 0 Å². The Morgan fingerprint density at radius 2 is 1.05 bits per heavy atom. The minimum Gasteiger partial charge on any atom is -0.203 e. The Morgan fingerprint density at radius 1 is 0.737 bits per heavy atom. The number of rotatable bonds is 1. The highest BCUT2D eigenvalue weighted by atomic mass is 31.1. The first kappa shape index (κ1) is 16.4. The molecule has 0 atom stereocenters. The second-order valence-electron chi connectivity index (χ2n) is 6.41. The van der Waals surface area contributed by atoms with Crippen molar-refractivity contribution < 1.29 is 17.6 Å². The SMILES string of the molecule is CC(C)(C)P(c1c(F)c(F)[c]c(F)c1F)C(C)(C)C. The molecule has 0 aliphatic carbocycles. The van der Waals surface area contributed by atoms with Gasteiger partial charge in [-0.3, -0.25) is 0 Å². The second-order valence-corrected chi connectivity index (χ2v) is 10.2. The van der Waals surface area contributed by atoms with E-state index in [1.54, 1.807) is 0 Å². The van der Waals surface area contributed by atoms with Crippen LogP contribution in [0.1, 0.15) is 41.5 Å². The number of hydrogen-bond donors (Lipinski definition) is 0. The molecule has 0 saturated carbocycles. The quantitative estimate of drug-likeness (QED) is 0.398. The number of benzene rings is 1. The van der Waals surface area contributed by atoms with E-state index < -0.39 is 46.8 Å². The highest BCUT2D eigenvalue weighted by Gasteiger charge is 2.40. The molecule has 1 rings (SSSR count). The van der Waals surface area contributed by atoms with Gasteiger partial charge in [0.25, 0.3) is 0 Å². The normalized spacial score (nSPS) is 13.2. The molecule has 0 fully saturated rings. The smallest absolute Gasteiger partial charge is 0.170 e. The Labute approximate surface area is 113 Å². The first-order valence-corrected chi connectivity index (χ1v) is 7.27. The fourth-order valence-corrected chi connectivity index (χ4v) is 6.33. The van der Waals surface area contributed by atoms with Gasteiger partial charge in [0.1, 0.15) is 0 Å². The standard InChI is InChI=1S/C14H18F4P/c1-13(2,3)19(14(4,5)6)12-10(17)8(15)7-9(16)11(12)18/h1-6H3. The summed E-state index contributed by atoms with van der Waals surface area (Å²) in [5.41, 5.74) is 0. The zero-order chi connectivity index (χ0) is 15.2. The van der Waals surface area contributed by atoms with Crippen LogP contribution in [0.15, 0.2) is 0 Å². The summed E-state index contributed by atoms with van der Waals surface area (Å²) in [6, 6.07) is 1.43. The topological polar surface area (TPSA) is 0 Å². The van der Waals surface area contributed by atoms with Crippen molar-refractivity contribution >= 4 is 13.2 Å². The highest BCUT2D eigenvalue weighted by molar-refractivity contribution is 7.68. The van der Waals surface area contributed by atoms with E-state index in [9.17, 15) is 17.6 Å². The lowest BCUT2D eigenvalue weighted by Gasteiger charge is -2.41. The van der Waals surface area contributed by atoms with Crippen LogP contribution in [-0.2, 0) is 0 Å². The summed E-state index contributed by atoms with van der Waals surface area (Å²) < 4.78 is 54.6. The first-order chi connectivity index (χ1) is 8.37. The van der Waals surface area contributed by atoms with E-state index in [-0.39, 0.29) is 0 Å². The van der Waals surface area contributed by atoms with Gasteiger partial charge in [-0.15, -0.1) is 0 Å². The Balaban J connectivity index is 3.66. The Hall–Kier alpha value is -0.630. The van der Waals surface area contributed by atoms with Crippen molar-refractivity contribution in [1.82, 2.24) is 0 Å². The molecule has 107 valence electrons. The van der Waals surface area contributed by atoms with Crippen molar-refractivity contribution in [2.75, 3.05) is 0 Å². The molecular formula is C14H18F4P. The number of hydrogen-bond acceptors (Lipinski definition) is 0. The molecule has 0 spiro atoms. The van der Waals surface area contributed by atoms with Crippen LogP contribution >= 0.6 is 7.92 Å². The summed E-state index contributed by atoms with van der Waals surface area (Å²) >= 11 is 0. The number of halogens is 4. The van der Waals surface area contributed by atoms with Crippen molar-refractivity contribution in [2.45, 2.75) is 51.9 Å². The molecule has 1 aromatic carbocycles. The van der Waals surface area contributed by atoms with Gasteiger partial charge in [0, 0.05) is 0 Å². The van der Waals surface area contributed by atoms with Crippen LogP contribution in [0.4, 0.5) is 17.6 Å². The summed E-state index contributed by atoms with van der Waals surface area (Å²) in [6.07, 6.45) is 0. The minimum atomic E-state index is -1.46. The molecule has 1 radical (unpaired) electrons. The molecule has 0 saturated heterocycles. The van der Waals surface area contributed by atoms with Crippen LogP contribution in [0.25, 0.3) is 0 Å². The van der Waals surface area contributed by atoms with Gasteiger partial charge in [-0.1, -0.05) is 49.5 Å². The van der Waals surface area contributed by atoms with Gasteiger partial charge in [-0.05, 0) is 10.3 Å². The van der Waals surface area contributed by atoms with Crippen LogP contribution in [0, 0.1) is 29.3 Å². The van der Waals surface area contributed by atoms with Gasteiger partial charge < -0.3 is 0 Å². The first-order valence-electron chi connectivity index (χ1n) is 5.93. The molecule has 0 aromatic heterocycles. The van der Waals surface area contributed by atoms with Crippen LogP contribution in [-0.4, -0.2) is 10.3 Å². The maximum atomic E-state index is 14.0. The van der Waals surface area contributed by atoms with Crippen molar-refractivity contribution in [1.29, 1.82) is 0 Å². The molecule has 0 heterocycles. The Bertz CT molecular complexity index is 443. The molecule has 0 amide bonds. The van der Waals surface area contributed by atoms with Gasteiger partial charge in [0.05, 0.1) is 11.4 Å². The zero-order valence-electron chi connectivity index (χ0n) is 12.0. The fourth-order valence-electron chi connectivity index (χ4n) is 2.38. The van der Waals surface area contributed by atoms with Crippen LogP contribution in [0.2, 0.25) is 0 Å². The summed E-state index contributed by atoms with van der Waals surface area (Å²) in [5, 5.41) is -1.45. The average Bonchev–Trinajstić information content (AvgIpc) is 2.17. The third kappa shape index (κ3) is 3.28. The minimum absolute atomic E-state index is 0.469. The van der Waals surface area contributed by atoms with Gasteiger partial charge in [-0.2, -0.15) is 0 Å². The molecule has 0 unspecified atom stereocenters. The average molecular weight is 293 g/mol. The molecular weight excluding hydrogens is 275 g/mol. The summed E-state index contributed by atoms with van der Waals surface area (Å²) in [5.74, 6) is -5.57. The van der Waals surface area contributed by atoms with E-state index in [0.717, 1.165) is 0 Å². The molecule has 5 heteroatoms. The van der Waals surface area contributed by atoms with Crippen molar-refractivity contribution in [3.05, 3.63) is 29.3 Å². The maximum absolute atomic E-state index is 14.0. The zero-order valence-corrected chi connectivity index (χ0v) is 12.9.